The minimum Gasteiger partial charge on any atom is -0.316 e. The first-order chi connectivity index (χ1) is 8.69. The van der Waals surface area contributed by atoms with Gasteiger partial charge in [0.25, 0.3) is 0 Å². The lowest BCUT2D eigenvalue weighted by Gasteiger charge is -2.03. The summed E-state index contributed by atoms with van der Waals surface area (Å²) in [5, 5.41) is 4.82. The summed E-state index contributed by atoms with van der Waals surface area (Å²) in [7, 11) is 1.89. The van der Waals surface area contributed by atoms with Crippen molar-refractivity contribution >= 4 is 35.0 Å². The van der Waals surface area contributed by atoms with Gasteiger partial charge in [0.2, 0.25) is 0 Å². The molecule has 3 nitrogen and oxygen atoms in total. The fraction of sp³-hybridized carbons (Fsp3) is 0.167. The summed E-state index contributed by atoms with van der Waals surface area (Å²) in [5.41, 5.74) is 1.05. The number of aromatic nitrogens is 2. The second kappa shape index (κ2) is 6.38. The van der Waals surface area contributed by atoms with Gasteiger partial charge in [0.05, 0.1) is 10.0 Å². The predicted octanol–water partition coefficient (Wildman–Crippen LogP) is 3.65. The highest BCUT2D eigenvalue weighted by molar-refractivity contribution is 7.99. The lowest BCUT2D eigenvalue weighted by molar-refractivity contribution is 0.793. The third-order valence-electron chi connectivity index (χ3n) is 2.16. The molecule has 2 aromatic rings. The van der Waals surface area contributed by atoms with Crippen molar-refractivity contribution in [1.82, 2.24) is 15.3 Å². The number of nitrogens with zero attached hydrogens (tertiary/aromatic N) is 2. The van der Waals surface area contributed by atoms with Gasteiger partial charge in [-0.15, -0.1) is 0 Å². The average Bonchev–Trinajstić information content (AvgIpc) is 2.37. The zero-order valence-corrected chi connectivity index (χ0v) is 12.0. The molecule has 6 heteroatoms. The van der Waals surface area contributed by atoms with E-state index in [0.717, 1.165) is 17.0 Å². The monoisotopic (exact) mass is 299 g/mol. The minimum atomic E-state index is 0.536. The van der Waals surface area contributed by atoms with Gasteiger partial charge in [-0.05, 0) is 37.0 Å². The number of hydrogen-bond donors (Lipinski definition) is 1. The maximum absolute atomic E-state index is 5.95. The number of rotatable bonds is 4. The first-order valence-electron chi connectivity index (χ1n) is 5.27. The summed E-state index contributed by atoms with van der Waals surface area (Å²) < 4.78 is 0. The van der Waals surface area contributed by atoms with E-state index in [-0.39, 0.29) is 0 Å². The third-order valence-corrected chi connectivity index (χ3v) is 3.78. The highest BCUT2D eigenvalue weighted by atomic mass is 35.5. The van der Waals surface area contributed by atoms with Gasteiger partial charge in [-0.1, -0.05) is 23.2 Å². The molecule has 0 atom stereocenters. The Morgan fingerprint density at radius 2 is 1.89 bits per heavy atom. The second-order valence-electron chi connectivity index (χ2n) is 3.58. The minimum absolute atomic E-state index is 0.536. The van der Waals surface area contributed by atoms with Gasteiger partial charge in [-0.2, -0.15) is 0 Å². The van der Waals surface area contributed by atoms with E-state index in [9.17, 15) is 0 Å². The molecule has 0 aliphatic carbocycles. The van der Waals surface area contributed by atoms with Crippen LogP contribution in [0.25, 0.3) is 0 Å². The molecule has 0 saturated heterocycles. The van der Waals surface area contributed by atoms with Gasteiger partial charge in [0.1, 0.15) is 0 Å². The average molecular weight is 300 g/mol. The molecule has 0 bridgehead atoms. The topological polar surface area (TPSA) is 37.8 Å². The van der Waals surface area contributed by atoms with Crippen molar-refractivity contribution in [3.05, 3.63) is 46.2 Å². The molecule has 2 rings (SSSR count). The molecule has 18 heavy (non-hydrogen) atoms. The van der Waals surface area contributed by atoms with Crippen LogP contribution >= 0.6 is 35.0 Å². The third kappa shape index (κ3) is 3.59. The molecule has 1 heterocycles. The standard InChI is InChI=1S/C12H11Cl2N3S/c1-15-5-8-6-16-12(17-7-8)18-9-2-3-10(13)11(14)4-9/h2-4,6-7,15H,5H2,1H3. The number of nitrogens with one attached hydrogen (secondary N) is 1. The van der Waals surface area contributed by atoms with Gasteiger partial charge < -0.3 is 5.32 Å². The first-order valence-corrected chi connectivity index (χ1v) is 6.84. The van der Waals surface area contributed by atoms with Crippen LogP contribution in [0.15, 0.2) is 40.6 Å². The van der Waals surface area contributed by atoms with E-state index in [1.807, 2.05) is 25.5 Å². The van der Waals surface area contributed by atoms with Crippen LogP contribution in [0.1, 0.15) is 5.56 Å². The van der Waals surface area contributed by atoms with Gasteiger partial charge in [-0.3, -0.25) is 0 Å². The van der Waals surface area contributed by atoms with Crippen LogP contribution in [0, 0.1) is 0 Å². The Morgan fingerprint density at radius 1 is 1.17 bits per heavy atom. The maximum atomic E-state index is 5.95. The fourth-order valence-corrected chi connectivity index (χ4v) is 2.43. The van der Waals surface area contributed by atoms with Gasteiger partial charge in [0, 0.05) is 29.4 Å². The molecule has 0 amide bonds. The summed E-state index contributed by atoms with van der Waals surface area (Å²) in [6.45, 7) is 0.762. The molecule has 0 radical (unpaired) electrons. The molecule has 0 spiro atoms. The molecule has 1 aromatic carbocycles. The van der Waals surface area contributed by atoms with Gasteiger partial charge in [-0.25, -0.2) is 9.97 Å². The Kier molecular flexibility index (Phi) is 4.83. The van der Waals surface area contributed by atoms with Crippen LogP contribution in [0.3, 0.4) is 0 Å². The van der Waals surface area contributed by atoms with E-state index < -0.39 is 0 Å². The van der Waals surface area contributed by atoms with E-state index in [4.69, 9.17) is 23.2 Å². The Balaban J connectivity index is 2.10. The summed E-state index contributed by atoms with van der Waals surface area (Å²) >= 11 is 13.3. The van der Waals surface area contributed by atoms with Gasteiger partial charge in [0.15, 0.2) is 5.16 Å². The summed E-state index contributed by atoms with van der Waals surface area (Å²) in [4.78, 5) is 9.52. The van der Waals surface area contributed by atoms with Crippen molar-refractivity contribution in [1.29, 1.82) is 0 Å². The molecule has 0 aliphatic rings. The Bertz CT molecular complexity index is 531. The second-order valence-corrected chi connectivity index (χ2v) is 5.44. The van der Waals surface area contributed by atoms with Crippen molar-refractivity contribution in [3.8, 4) is 0 Å². The van der Waals surface area contributed by atoms with Crippen molar-refractivity contribution in [2.75, 3.05) is 7.05 Å². The van der Waals surface area contributed by atoms with Crippen LogP contribution in [0.2, 0.25) is 10.0 Å². The van der Waals surface area contributed by atoms with Gasteiger partial charge >= 0.3 is 0 Å². The Hall–Kier alpha value is -0.810. The van der Waals surface area contributed by atoms with Crippen LogP contribution in [-0.2, 0) is 6.54 Å². The molecule has 0 saturated carbocycles. The Labute approximate surface area is 120 Å². The number of hydrogen-bond acceptors (Lipinski definition) is 4. The van der Waals surface area contributed by atoms with Crippen LogP contribution in [0.4, 0.5) is 0 Å². The van der Waals surface area contributed by atoms with E-state index in [1.165, 1.54) is 11.8 Å². The quantitative estimate of drug-likeness (QED) is 0.875. The normalized spacial score (nSPS) is 10.6. The molecule has 1 aromatic heterocycles. The van der Waals surface area contributed by atoms with E-state index in [0.29, 0.717) is 15.2 Å². The first kappa shape index (κ1) is 13.6. The van der Waals surface area contributed by atoms with Crippen LogP contribution in [-0.4, -0.2) is 17.0 Å². The molecule has 0 aliphatic heterocycles. The molecule has 0 unspecified atom stereocenters. The summed E-state index contributed by atoms with van der Waals surface area (Å²) in [6, 6.07) is 5.46. The SMILES string of the molecule is CNCc1cnc(Sc2ccc(Cl)c(Cl)c2)nc1. The zero-order chi connectivity index (χ0) is 13.0. The van der Waals surface area contributed by atoms with Crippen LogP contribution < -0.4 is 5.32 Å². The van der Waals surface area contributed by atoms with Crippen molar-refractivity contribution in [2.45, 2.75) is 16.6 Å². The Morgan fingerprint density at radius 3 is 2.50 bits per heavy atom. The fourth-order valence-electron chi connectivity index (χ4n) is 1.34. The maximum Gasteiger partial charge on any atom is 0.192 e. The van der Waals surface area contributed by atoms with E-state index in [2.05, 4.69) is 15.3 Å². The lowest BCUT2D eigenvalue weighted by Crippen LogP contribution is -2.05. The predicted molar refractivity (Wildman–Crippen MR) is 75.4 cm³/mol. The molecule has 0 fully saturated rings. The highest BCUT2D eigenvalue weighted by Crippen LogP contribution is 2.30. The number of halogens is 2. The van der Waals surface area contributed by atoms with Crippen molar-refractivity contribution in [2.24, 2.45) is 0 Å². The largest absolute Gasteiger partial charge is 0.316 e. The number of benzene rings is 1. The summed E-state index contributed by atoms with van der Waals surface area (Å²) in [5.74, 6) is 0. The highest BCUT2D eigenvalue weighted by Gasteiger charge is 2.04. The van der Waals surface area contributed by atoms with E-state index >= 15 is 0 Å². The van der Waals surface area contributed by atoms with Crippen molar-refractivity contribution in [3.63, 3.8) is 0 Å². The van der Waals surface area contributed by atoms with Crippen LogP contribution in [0.5, 0.6) is 0 Å². The molecule has 94 valence electrons. The molecular formula is C12H11Cl2N3S. The lowest BCUT2D eigenvalue weighted by atomic mass is 10.3. The molecule has 1 N–H and O–H groups in total. The van der Waals surface area contributed by atoms with E-state index in [1.54, 1.807) is 12.1 Å². The van der Waals surface area contributed by atoms with Crippen molar-refractivity contribution < 1.29 is 0 Å². The molecular weight excluding hydrogens is 289 g/mol. The zero-order valence-electron chi connectivity index (χ0n) is 9.65. The summed E-state index contributed by atoms with van der Waals surface area (Å²) in [6.07, 6.45) is 3.62. The smallest absolute Gasteiger partial charge is 0.192 e.